The lowest BCUT2D eigenvalue weighted by Crippen LogP contribution is -2.15. The molecule has 0 spiro atoms. The van der Waals surface area contributed by atoms with Gasteiger partial charge >= 0.3 is 6.55 Å². The van der Waals surface area contributed by atoms with Crippen molar-refractivity contribution >= 4 is 40.1 Å². The van der Waals surface area contributed by atoms with Gasteiger partial charge in [-0.1, -0.05) is 30.0 Å². The lowest BCUT2D eigenvalue weighted by Gasteiger charge is -2.08. The van der Waals surface area contributed by atoms with Crippen molar-refractivity contribution in [3.63, 3.8) is 0 Å². The number of amides is 1. The van der Waals surface area contributed by atoms with Crippen LogP contribution in [0.15, 0.2) is 47.6 Å². The third-order valence-corrected chi connectivity index (χ3v) is 4.67. The van der Waals surface area contributed by atoms with Crippen molar-refractivity contribution in [3.8, 4) is 0 Å². The summed E-state index contributed by atoms with van der Waals surface area (Å²) in [4.78, 5) is 26.8. The normalized spacial score (nSPS) is 11.1. The summed E-state index contributed by atoms with van der Waals surface area (Å²) in [6, 6.07) is 10.8. The number of thioether (sulfide) groups is 1. The van der Waals surface area contributed by atoms with Crippen LogP contribution in [0.1, 0.15) is 12.1 Å². The Balaban J connectivity index is 1.76. The Morgan fingerprint density at radius 1 is 1.33 bits per heavy atom. The molecule has 0 saturated carbocycles. The van der Waals surface area contributed by atoms with Crippen LogP contribution >= 0.6 is 11.8 Å². The summed E-state index contributed by atoms with van der Waals surface area (Å²) >= 11 is 0.836. The summed E-state index contributed by atoms with van der Waals surface area (Å²) < 4.78 is 27.5. The van der Waals surface area contributed by atoms with Gasteiger partial charge in [0, 0.05) is 6.07 Å². The molecule has 0 saturated heterocycles. The number of halogens is 2. The molecule has 27 heavy (non-hydrogen) atoms. The Morgan fingerprint density at radius 3 is 2.78 bits per heavy atom. The maximum atomic E-state index is 13.4. The van der Waals surface area contributed by atoms with Crippen LogP contribution in [0.2, 0.25) is 0 Å². The van der Waals surface area contributed by atoms with Crippen LogP contribution in [0.3, 0.4) is 0 Å². The third-order valence-electron chi connectivity index (χ3n) is 3.72. The number of alkyl halides is 2. The number of hydrogen-bond donors (Lipinski definition) is 1. The largest absolute Gasteiger partial charge is 0.321 e. The first-order valence-electron chi connectivity index (χ1n) is 7.79. The molecular weight excluding hydrogens is 378 g/mol. The number of fused-ring (bicyclic) bond motifs is 1. The second kappa shape index (κ2) is 7.70. The van der Waals surface area contributed by atoms with E-state index < -0.39 is 17.4 Å². The Labute approximate surface area is 156 Å². The maximum Gasteiger partial charge on any atom is 0.321 e. The van der Waals surface area contributed by atoms with Crippen molar-refractivity contribution in [1.29, 1.82) is 0 Å². The summed E-state index contributed by atoms with van der Waals surface area (Å²) in [6.45, 7) is -1.11. The van der Waals surface area contributed by atoms with Gasteiger partial charge in [0.25, 0.3) is 5.69 Å². The molecular formula is C17H14F2N4O3S. The highest BCUT2D eigenvalue weighted by molar-refractivity contribution is 7.99. The van der Waals surface area contributed by atoms with Crippen molar-refractivity contribution in [1.82, 2.24) is 9.55 Å². The molecule has 0 aliphatic carbocycles. The molecule has 1 aromatic heterocycles. The van der Waals surface area contributed by atoms with E-state index in [1.54, 1.807) is 31.2 Å². The van der Waals surface area contributed by atoms with Crippen LogP contribution in [-0.4, -0.2) is 26.1 Å². The molecule has 1 amide bonds. The average molecular weight is 392 g/mol. The van der Waals surface area contributed by atoms with Gasteiger partial charge < -0.3 is 5.32 Å². The SMILES string of the molecule is Cc1ccc(NC(=O)CSc2nc3ccccc3n2C(F)F)c([N+](=O)[O-])c1. The fraction of sp³-hybridized carbons (Fsp3) is 0.176. The predicted octanol–water partition coefficient (Wildman–Crippen LogP) is 4.38. The lowest BCUT2D eigenvalue weighted by molar-refractivity contribution is -0.384. The Hall–Kier alpha value is -3.01. The maximum absolute atomic E-state index is 13.4. The van der Waals surface area contributed by atoms with Gasteiger partial charge in [-0.2, -0.15) is 8.78 Å². The van der Waals surface area contributed by atoms with Crippen molar-refractivity contribution < 1.29 is 18.5 Å². The molecule has 0 aliphatic rings. The second-order valence-corrected chi connectivity index (χ2v) is 6.59. The molecule has 3 aromatic rings. The van der Waals surface area contributed by atoms with Gasteiger partial charge in [0.05, 0.1) is 21.7 Å². The average Bonchev–Trinajstić information content (AvgIpc) is 3.00. The fourth-order valence-electron chi connectivity index (χ4n) is 2.53. The Morgan fingerprint density at radius 2 is 2.07 bits per heavy atom. The summed E-state index contributed by atoms with van der Waals surface area (Å²) in [7, 11) is 0. The van der Waals surface area contributed by atoms with E-state index in [4.69, 9.17) is 0 Å². The van der Waals surface area contributed by atoms with Crippen molar-refractivity contribution in [2.24, 2.45) is 0 Å². The van der Waals surface area contributed by atoms with Crippen molar-refractivity contribution in [2.75, 3.05) is 11.1 Å². The van der Waals surface area contributed by atoms with E-state index in [2.05, 4.69) is 10.3 Å². The molecule has 0 aliphatic heterocycles. The summed E-state index contributed by atoms with van der Waals surface area (Å²) in [5.41, 5.74) is 1.17. The molecule has 0 radical (unpaired) electrons. The number of benzene rings is 2. The number of nitrogens with one attached hydrogen (secondary N) is 1. The monoisotopic (exact) mass is 392 g/mol. The molecule has 3 rings (SSSR count). The second-order valence-electron chi connectivity index (χ2n) is 5.65. The highest BCUT2D eigenvalue weighted by Gasteiger charge is 2.20. The number of carbonyl (C=O) groups excluding carboxylic acids is 1. The zero-order valence-corrected chi connectivity index (χ0v) is 14.9. The van der Waals surface area contributed by atoms with Gasteiger partial charge in [-0.15, -0.1) is 0 Å². The molecule has 0 atom stereocenters. The minimum Gasteiger partial charge on any atom is -0.320 e. The van der Waals surface area contributed by atoms with E-state index in [0.717, 1.165) is 16.3 Å². The molecule has 1 heterocycles. The van der Waals surface area contributed by atoms with Gasteiger partial charge in [-0.25, -0.2) is 4.98 Å². The number of nitro groups is 1. The third kappa shape index (κ3) is 4.05. The first-order valence-corrected chi connectivity index (χ1v) is 8.78. The number of aromatic nitrogens is 2. The summed E-state index contributed by atoms with van der Waals surface area (Å²) in [6.07, 6.45) is 0. The van der Waals surface area contributed by atoms with Gasteiger partial charge in [-0.3, -0.25) is 19.5 Å². The first-order chi connectivity index (χ1) is 12.9. The molecule has 0 bridgehead atoms. The van der Waals surface area contributed by atoms with Gasteiger partial charge in [0.2, 0.25) is 5.91 Å². The topological polar surface area (TPSA) is 90.1 Å². The van der Waals surface area contributed by atoms with Crippen LogP contribution in [0.5, 0.6) is 0 Å². The Bertz CT molecular complexity index is 1020. The molecule has 10 heteroatoms. The van der Waals surface area contributed by atoms with Gasteiger partial charge in [0.1, 0.15) is 5.69 Å². The number of para-hydroxylation sites is 2. The molecule has 1 N–H and O–H groups in total. The highest BCUT2D eigenvalue weighted by Crippen LogP contribution is 2.30. The number of aryl methyl sites for hydroxylation is 1. The minimum atomic E-state index is -2.80. The number of hydrogen-bond acceptors (Lipinski definition) is 5. The molecule has 2 aromatic carbocycles. The smallest absolute Gasteiger partial charge is 0.320 e. The zero-order chi connectivity index (χ0) is 19.6. The van der Waals surface area contributed by atoms with Crippen molar-refractivity contribution in [3.05, 3.63) is 58.1 Å². The zero-order valence-electron chi connectivity index (χ0n) is 14.1. The summed E-state index contributed by atoms with van der Waals surface area (Å²) in [5, 5.41) is 13.6. The Kier molecular flexibility index (Phi) is 5.36. The standard InChI is InChI=1S/C17H14F2N4O3S/c1-10-6-7-12(14(8-10)23(25)26)20-15(24)9-27-17-21-11-4-2-3-5-13(11)22(17)16(18)19/h2-8,16H,9H2,1H3,(H,20,24). The predicted molar refractivity (Wildman–Crippen MR) is 98.2 cm³/mol. The van der Waals surface area contributed by atoms with E-state index in [9.17, 15) is 23.7 Å². The van der Waals surface area contributed by atoms with E-state index >= 15 is 0 Å². The molecule has 7 nitrogen and oxygen atoms in total. The van der Waals surface area contributed by atoms with Crippen LogP contribution in [0.4, 0.5) is 20.2 Å². The van der Waals surface area contributed by atoms with Crippen LogP contribution in [0.25, 0.3) is 11.0 Å². The van der Waals surface area contributed by atoms with Crippen molar-refractivity contribution in [2.45, 2.75) is 18.6 Å². The van der Waals surface area contributed by atoms with E-state index in [1.807, 2.05) is 0 Å². The summed E-state index contributed by atoms with van der Waals surface area (Å²) in [5.74, 6) is -0.777. The van der Waals surface area contributed by atoms with Crippen LogP contribution in [0, 0.1) is 17.0 Å². The molecule has 0 unspecified atom stereocenters. The van der Waals surface area contributed by atoms with Crippen LogP contribution < -0.4 is 5.32 Å². The number of nitro benzene ring substituents is 1. The van der Waals surface area contributed by atoms with E-state index in [-0.39, 0.29) is 27.8 Å². The van der Waals surface area contributed by atoms with Crippen LogP contribution in [-0.2, 0) is 4.79 Å². The van der Waals surface area contributed by atoms with E-state index in [1.165, 1.54) is 18.2 Å². The quantitative estimate of drug-likeness (QED) is 0.382. The highest BCUT2D eigenvalue weighted by atomic mass is 32.2. The number of anilines is 1. The number of rotatable bonds is 6. The fourth-order valence-corrected chi connectivity index (χ4v) is 3.34. The number of carbonyl (C=O) groups is 1. The first kappa shape index (κ1) is 18.8. The molecule has 140 valence electrons. The number of imidazole rings is 1. The van der Waals surface area contributed by atoms with E-state index in [0.29, 0.717) is 11.1 Å². The lowest BCUT2D eigenvalue weighted by atomic mass is 10.2. The molecule has 0 fully saturated rings. The number of nitrogens with zero attached hydrogens (tertiary/aromatic N) is 3. The van der Waals surface area contributed by atoms with Gasteiger partial charge in [0.15, 0.2) is 5.16 Å². The minimum absolute atomic E-state index is 0.000226. The van der Waals surface area contributed by atoms with Gasteiger partial charge in [-0.05, 0) is 30.7 Å².